The van der Waals surface area contributed by atoms with Crippen LogP contribution in [0.2, 0.25) is 0 Å². The Hall–Kier alpha value is -2.40. The maximum atomic E-state index is 10.3. The van der Waals surface area contributed by atoms with Crippen molar-refractivity contribution in [3.8, 4) is 5.75 Å². The van der Waals surface area contributed by atoms with Gasteiger partial charge < -0.3 is 10.2 Å². The van der Waals surface area contributed by atoms with E-state index in [1.807, 2.05) is 12.4 Å². The van der Waals surface area contributed by atoms with Gasteiger partial charge in [0.1, 0.15) is 11.3 Å². The molecule has 24 heavy (non-hydrogen) atoms. The number of aromatic nitrogens is 1. The maximum Gasteiger partial charge on any atom is 0.339 e. The molecule has 0 unspecified atom stereocenters. The molecule has 0 aliphatic carbocycles. The lowest BCUT2D eigenvalue weighted by Gasteiger charge is -2.21. The molecule has 1 aliphatic heterocycles. The molecule has 2 N–H and O–H groups in total. The van der Waals surface area contributed by atoms with Crippen LogP contribution in [0.25, 0.3) is 0 Å². The summed E-state index contributed by atoms with van der Waals surface area (Å²) >= 11 is 0. The van der Waals surface area contributed by atoms with Crippen LogP contribution in [0.4, 0.5) is 0 Å². The van der Waals surface area contributed by atoms with E-state index in [2.05, 4.69) is 30.8 Å². The van der Waals surface area contributed by atoms with Crippen molar-refractivity contribution < 1.29 is 15.0 Å². The molecule has 2 aromatic rings. The van der Waals surface area contributed by atoms with E-state index >= 15 is 0 Å². The zero-order chi connectivity index (χ0) is 17.7. The minimum Gasteiger partial charge on any atom is -0.507 e. The summed E-state index contributed by atoms with van der Waals surface area (Å²) in [5, 5.41) is 17.3. The molecule has 0 spiro atoms. The van der Waals surface area contributed by atoms with Gasteiger partial charge in [0, 0.05) is 18.4 Å². The van der Waals surface area contributed by atoms with Crippen molar-refractivity contribution in [1.82, 2.24) is 9.88 Å². The number of aromatic carboxylic acids is 1. The third-order valence-electron chi connectivity index (χ3n) is 4.52. The van der Waals surface area contributed by atoms with Crippen LogP contribution >= 0.6 is 0 Å². The number of carbonyl (C=O) groups is 1. The topological polar surface area (TPSA) is 73.7 Å². The highest BCUT2D eigenvalue weighted by atomic mass is 16.4. The lowest BCUT2D eigenvalue weighted by Crippen LogP contribution is -2.18. The van der Waals surface area contributed by atoms with Crippen molar-refractivity contribution in [2.75, 3.05) is 13.6 Å². The number of aryl methyl sites for hydroxylation is 1. The third-order valence-corrected chi connectivity index (χ3v) is 4.52. The van der Waals surface area contributed by atoms with Gasteiger partial charge in [0.2, 0.25) is 0 Å². The minimum atomic E-state index is -1.11. The first kappa shape index (κ1) is 17.9. The Balaban J connectivity index is 0.000000185. The van der Waals surface area contributed by atoms with Gasteiger partial charge in [0.15, 0.2) is 0 Å². The number of phenols is 1. The molecule has 5 nitrogen and oxygen atoms in total. The molecule has 1 saturated heterocycles. The average molecular weight is 328 g/mol. The molecule has 0 saturated carbocycles. The van der Waals surface area contributed by atoms with Crippen LogP contribution in [0.1, 0.15) is 45.9 Å². The van der Waals surface area contributed by atoms with Crippen LogP contribution in [0, 0.1) is 13.8 Å². The van der Waals surface area contributed by atoms with Gasteiger partial charge >= 0.3 is 5.97 Å². The summed E-state index contributed by atoms with van der Waals surface area (Å²) in [6.07, 6.45) is 6.58. The molecule has 5 heteroatoms. The van der Waals surface area contributed by atoms with Crippen LogP contribution in [-0.4, -0.2) is 39.7 Å². The first-order chi connectivity index (χ1) is 11.4. The van der Waals surface area contributed by atoms with Crippen LogP contribution in [-0.2, 0) is 0 Å². The zero-order valence-electron chi connectivity index (χ0n) is 14.4. The summed E-state index contributed by atoms with van der Waals surface area (Å²) in [5.41, 5.74) is 4.08. The van der Waals surface area contributed by atoms with E-state index in [9.17, 15) is 4.79 Å². The number of rotatable bonds is 2. The number of aromatic hydroxyl groups is 1. The molecule has 1 aromatic carbocycles. The summed E-state index contributed by atoms with van der Waals surface area (Å²) in [7, 11) is 2.21. The third kappa shape index (κ3) is 4.11. The van der Waals surface area contributed by atoms with Crippen molar-refractivity contribution in [3.63, 3.8) is 0 Å². The molecule has 2 heterocycles. The van der Waals surface area contributed by atoms with E-state index < -0.39 is 5.97 Å². The Morgan fingerprint density at radius 2 is 1.96 bits per heavy atom. The second-order valence-corrected chi connectivity index (χ2v) is 6.13. The molecule has 1 fully saturated rings. The fourth-order valence-corrected chi connectivity index (χ4v) is 2.94. The Morgan fingerprint density at radius 1 is 1.25 bits per heavy atom. The Kier molecular flexibility index (Phi) is 5.93. The highest BCUT2D eigenvalue weighted by Gasteiger charge is 2.24. The van der Waals surface area contributed by atoms with Crippen molar-refractivity contribution in [2.45, 2.75) is 32.7 Å². The van der Waals surface area contributed by atoms with Gasteiger partial charge in [-0.05, 0) is 69.1 Å². The molecular weight excluding hydrogens is 304 g/mol. The molecule has 0 amide bonds. The molecule has 0 bridgehead atoms. The summed E-state index contributed by atoms with van der Waals surface area (Å²) in [6.45, 7) is 5.57. The number of carboxylic acids is 1. The SMILES string of the molecule is Cc1cncc([C@@H]2CCCN2C)c1C.O=C(O)c1ccccc1O. The van der Waals surface area contributed by atoms with Crippen molar-refractivity contribution in [3.05, 3.63) is 58.9 Å². The summed E-state index contributed by atoms with van der Waals surface area (Å²) in [5.74, 6) is -1.31. The van der Waals surface area contributed by atoms with Crippen molar-refractivity contribution in [1.29, 1.82) is 0 Å². The smallest absolute Gasteiger partial charge is 0.339 e. The van der Waals surface area contributed by atoms with Gasteiger partial charge in [-0.3, -0.25) is 9.88 Å². The summed E-state index contributed by atoms with van der Waals surface area (Å²) in [6, 6.07) is 6.41. The Bertz CT molecular complexity index is 716. The molecular formula is C19H24N2O3. The van der Waals surface area contributed by atoms with Gasteiger partial charge in [0.25, 0.3) is 0 Å². The number of likely N-dealkylation sites (tertiary alicyclic amines) is 1. The largest absolute Gasteiger partial charge is 0.507 e. The second-order valence-electron chi connectivity index (χ2n) is 6.13. The van der Waals surface area contributed by atoms with Crippen molar-refractivity contribution >= 4 is 5.97 Å². The zero-order valence-corrected chi connectivity index (χ0v) is 14.4. The van der Waals surface area contributed by atoms with E-state index in [0.29, 0.717) is 6.04 Å². The number of hydrogen-bond acceptors (Lipinski definition) is 4. The number of benzene rings is 1. The highest BCUT2D eigenvalue weighted by molar-refractivity contribution is 5.90. The second kappa shape index (κ2) is 7.93. The van der Waals surface area contributed by atoms with Gasteiger partial charge in [-0.2, -0.15) is 0 Å². The van der Waals surface area contributed by atoms with Gasteiger partial charge in [-0.25, -0.2) is 4.79 Å². The Labute approximate surface area is 142 Å². The molecule has 0 radical (unpaired) electrons. The van der Waals surface area contributed by atoms with Crippen LogP contribution in [0.3, 0.4) is 0 Å². The lowest BCUT2D eigenvalue weighted by molar-refractivity contribution is 0.0693. The summed E-state index contributed by atoms with van der Waals surface area (Å²) < 4.78 is 0. The van der Waals surface area contributed by atoms with Crippen LogP contribution < -0.4 is 0 Å². The molecule has 1 aliphatic rings. The number of para-hydroxylation sites is 1. The standard InChI is InChI=1S/C12H18N2.C7H6O3/c1-9-7-13-8-11(10(9)2)12-5-4-6-14(12)3;8-6-4-2-1-3-5(6)7(9)10/h7-8,12H,4-6H2,1-3H3;1-4,8H,(H,9,10)/t12-;/m0./s1. The average Bonchev–Trinajstić information content (AvgIpc) is 2.97. The number of nitrogens with zero attached hydrogens (tertiary/aromatic N) is 2. The predicted octanol–water partition coefficient (Wildman–Crippen LogP) is 3.56. The molecule has 1 atom stereocenters. The maximum absolute atomic E-state index is 10.3. The minimum absolute atomic E-state index is 0.0671. The van der Waals surface area contributed by atoms with E-state index in [1.165, 1.54) is 48.2 Å². The number of hydrogen-bond donors (Lipinski definition) is 2. The van der Waals surface area contributed by atoms with Gasteiger partial charge in [0.05, 0.1) is 0 Å². The lowest BCUT2D eigenvalue weighted by atomic mass is 9.99. The number of pyridine rings is 1. The quantitative estimate of drug-likeness (QED) is 0.882. The van der Waals surface area contributed by atoms with Crippen molar-refractivity contribution in [2.24, 2.45) is 0 Å². The van der Waals surface area contributed by atoms with E-state index in [-0.39, 0.29) is 11.3 Å². The first-order valence-corrected chi connectivity index (χ1v) is 8.04. The summed E-state index contributed by atoms with van der Waals surface area (Å²) in [4.78, 5) is 17.0. The Morgan fingerprint density at radius 3 is 2.50 bits per heavy atom. The molecule has 1 aromatic heterocycles. The number of carboxylic acid groups (broad SMARTS) is 1. The molecule has 3 rings (SSSR count). The fraction of sp³-hybridized carbons (Fsp3) is 0.368. The molecule has 128 valence electrons. The van der Waals surface area contributed by atoms with E-state index in [4.69, 9.17) is 10.2 Å². The normalized spacial score (nSPS) is 17.2. The van der Waals surface area contributed by atoms with Crippen LogP contribution in [0.5, 0.6) is 5.75 Å². The predicted molar refractivity (Wildman–Crippen MR) is 93.4 cm³/mol. The first-order valence-electron chi connectivity index (χ1n) is 8.04. The monoisotopic (exact) mass is 328 g/mol. The highest BCUT2D eigenvalue weighted by Crippen LogP contribution is 2.32. The van der Waals surface area contributed by atoms with E-state index in [1.54, 1.807) is 12.1 Å². The fourth-order valence-electron chi connectivity index (χ4n) is 2.94. The van der Waals surface area contributed by atoms with Gasteiger partial charge in [-0.15, -0.1) is 0 Å². The van der Waals surface area contributed by atoms with E-state index in [0.717, 1.165) is 0 Å². The van der Waals surface area contributed by atoms with Gasteiger partial charge in [-0.1, -0.05) is 12.1 Å². The van der Waals surface area contributed by atoms with Crippen LogP contribution in [0.15, 0.2) is 36.7 Å².